The second-order valence-electron chi connectivity index (χ2n) is 4.40. The van der Waals surface area contributed by atoms with Gasteiger partial charge in [0.1, 0.15) is 6.10 Å². The number of hydrogen-bond acceptors (Lipinski definition) is 6. The predicted octanol–water partition coefficient (Wildman–Crippen LogP) is 1.33. The van der Waals surface area contributed by atoms with Crippen molar-refractivity contribution < 1.29 is 14.0 Å². The molecule has 0 radical (unpaired) electrons. The van der Waals surface area contributed by atoms with Gasteiger partial charge in [-0.2, -0.15) is 4.98 Å². The number of rotatable bonds is 3. The van der Waals surface area contributed by atoms with E-state index in [0.717, 1.165) is 11.3 Å². The summed E-state index contributed by atoms with van der Waals surface area (Å²) in [5.74, 6) is 1.09. The lowest BCUT2D eigenvalue weighted by atomic mass is 10.1. The third-order valence-electron chi connectivity index (χ3n) is 2.89. The van der Waals surface area contributed by atoms with Gasteiger partial charge >= 0.3 is 0 Å². The highest BCUT2D eigenvalue weighted by molar-refractivity contribution is 5.41. The number of benzene rings is 1. The van der Waals surface area contributed by atoms with E-state index in [4.69, 9.17) is 19.7 Å². The van der Waals surface area contributed by atoms with E-state index in [9.17, 15) is 0 Å². The fraction of sp³-hybridized carbons (Fsp3) is 0.385. The Labute approximate surface area is 110 Å². The van der Waals surface area contributed by atoms with Crippen LogP contribution in [0.1, 0.15) is 23.4 Å². The maximum absolute atomic E-state index is 5.73. The highest BCUT2D eigenvalue weighted by atomic mass is 16.6. The third-order valence-corrected chi connectivity index (χ3v) is 2.89. The standard InChI is InChI=1S/C13H15N3O3/c14-10-3-1-2-9(6-10)7-12-15-13(16-19-12)11-8-17-4-5-18-11/h1-3,6,11H,4-5,7-8,14H2. The Balaban J connectivity index is 1.70. The molecule has 1 aromatic heterocycles. The maximum atomic E-state index is 5.73. The molecule has 2 N–H and O–H groups in total. The summed E-state index contributed by atoms with van der Waals surface area (Å²) >= 11 is 0. The van der Waals surface area contributed by atoms with Crippen molar-refractivity contribution in [3.63, 3.8) is 0 Å². The van der Waals surface area contributed by atoms with E-state index in [1.54, 1.807) is 0 Å². The van der Waals surface area contributed by atoms with Crippen molar-refractivity contribution in [2.75, 3.05) is 25.6 Å². The van der Waals surface area contributed by atoms with E-state index >= 15 is 0 Å². The average Bonchev–Trinajstić information content (AvgIpc) is 2.88. The number of nitrogens with zero attached hydrogens (tertiary/aromatic N) is 2. The summed E-state index contributed by atoms with van der Waals surface area (Å²) < 4.78 is 16.1. The predicted molar refractivity (Wildman–Crippen MR) is 67.5 cm³/mol. The Hall–Kier alpha value is -1.92. The average molecular weight is 261 g/mol. The molecule has 0 saturated carbocycles. The van der Waals surface area contributed by atoms with Crippen LogP contribution in [0.2, 0.25) is 0 Å². The lowest BCUT2D eigenvalue weighted by Gasteiger charge is -2.19. The van der Waals surface area contributed by atoms with Crippen LogP contribution in [-0.2, 0) is 15.9 Å². The molecule has 1 atom stereocenters. The SMILES string of the molecule is Nc1cccc(Cc2nc(C3COCCO3)no2)c1. The van der Waals surface area contributed by atoms with Gasteiger partial charge in [-0.05, 0) is 17.7 Å². The van der Waals surface area contributed by atoms with Crippen molar-refractivity contribution in [1.82, 2.24) is 10.1 Å². The molecular weight excluding hydrogens is 246 g/mol. The molecule has 1 aliphatic heterocycles. The Morgan fingerprint density at radius 1 is 1.32 bits per heavy atom. The third kappa shape index (κ3) is 2.91. The van der Waals surface area contributed by atoms with Gasteiger partial charge in [-0.25, -0.2) is 0 Å². The van der Waals surface area contributed by atoms with Crippen LogP contribution in [0.3, 0.4) is 0 Å². The molecule has 6 nitrogen and oxygen atoms in total. The molecule has 2 aromatic rings. The monoisotopic (exact) mass is 261 g/mol. The van der Waals surface area contributed by atoms with E-state index in [-0.39, 0.29) is 6.10 Å². The number of hydrogen-bond donors (Lipinski definition) is 1. The first-order valence-corrected chi connectivity index (χ1v) is 6.17. The summed E-state index contributed by atoms with van der Waals surface area (Å²) in [4.78, 5) is 4.34. The largest absolute Gasteiger partial charge is 0.399 e. The number of aromatic nitrogens is 2. The zero-order chi connectivity index (χ0) is 13.1. The van der Waals surface area contributed by atoms with Crippen molar-refractivity contribution in [3.8, 4) is 0 Å². The zero-order valence-corrected chi connectivity index (χ0v) is 10.4. The summed E-state index contributed by atoms with van der Waals surface area (Å²) in [5, 5.41) is 3.94. The number of ether oxygens (including phenoxy) is 2. The van der Waals surface area contributed by atoms with Crippen LogP contribution in [0.5, 0.6) is 0 Å². The van der Waals surface area contributed by atoms with Crippen molar-refractivity contribution in [2.45, 2.75) is 12.5 Å². The molecule has 19 heavy (non-hydrogen) atoms. The van der Waals surface area contributed by atoms with Gasteiger partial charge in [-0.15, -0.1) is 0 Å². The number of nitrogens with two attached hydrogens (primary N) is 1. The summed E-state index contributed by atoms with van der Waals surface area (Å²) in [5.41, 5.74) is 7.49. The first-order chi connectivity index (χ1) is 9.31. The highest BCUT2D eigenvalue weighted by Gasteiger charge is 2.22. The second kappa shape index (κ2) is 5.38. The summed E-state index contributed by atoms with van der Waals surface area (Å²) in [6, 6.07) is 7.61. The molecule has 1 aromatic carbocycles. The van der Waals surface area contributed by atoms with Crippen molar-refractivity contribution in [1.29, 1.82) is 0 Å². The first kappa shape index (κ1) is 12.1. The molecule has 0 amide bonds. The van der Waals surface area contributed by atoms with E-state index < -0.39 is 0 Å². The van der Waals surface area contributed by atoms with Crippen molar-refractivity contribution in [2.24, 2.45) is 0 Å². The van der Waals surface area contributed by atoms with Crippen LogP contribution in [-0.4, -0.2) is 30.0 Å². The lowest BCUT2D eigenvalue weighted by molar-refractivity contribution is -0.0941. The zero-order valence-electron chi connectivity index (χ0n) is 10.4. The summed E-state index contributed by atoms with van der Waals surface area (Å²) in [7, 11) is 0. The maximum Gasteiger partial charge on any atom is 0.231 e. The Morgan fingerprint density at radius 2 is 2.26 bits per heavy atom. The van der Waals surface area contributed by atoms with Gasteiger partial charge in [-0.1, -0.05) is 17.3 Å². The van der Waals surface area contributed by atoms with Crippen molar-refractivity contribution in [3.05, 3.63) is 41.5 Å². The molecule has 6 heteroatoms. The number of anilines is 1. The van der Waals surface area contributed by atoms with Crippen molar-refractivity contribution >= 4 is 5.69 Å². The van der Waals surface area contributed by atoms with Gasteiger partial charge in [0.05, 0.1) is 26.2 Å². The van der Waals surface area contributed by atoms with E-state index in [1.807, 2.05) is 24.3 Å². The smallest absolute Gasteiger partial charge is 0.231 e. The summed E-state index contributed by atoms with van der Waals surface area (Å²) in [6.45, 7) is 1.64. The minimum absolute atomic E-state index is 0.230. The van der Waals surface area contributed by atoms with Gasteiger partial charge in [0, 0.05) is 5.69 Å². The van der Waals surface area contributed by atoms with E-state index in [0.29, 0.717) is 38.0 Å². The van der Waals surface area contributed by atoms with Crippen LogP contribution < -0.4 is 5.73 Å². The quantitative estimate of drug-likeness (QED) is 0.839. The molecule has 1 saturated heterocycles. The minimum Gasteiger partial charge on any atom is -0.399 e. The van der Waals surface area contributed by atoms with Gasteiger partial charge < -0.3 is 19.7 Å². The molecule has 1 fully saturated rings. The molecule has 0 spiro atoms. The molecule has 3 rings (SSSR count). The van der Waals surface area contributed by atoms with E-state index in [2.05, 4.69) is 10.1 Å². The fourth-order valence-electron chi connectivity index (χ4n) is 1.99. The minimum atomic E-state index is -0.230. The second-order valence-corrected chi connectivity index (χ2v) is 4.40. The molecule has 2 heterocycles. The highest BCUT2D eigenvalue weighted by Crippen LogP contribution is 2.19. The Kier molecular flexibility index (Phi) is 3.43. The Morgan fingerprint density at radius 3 is 3.05 bits per heavy atom. The normalized spacial score (nSPS) is 19.5. The molecule has 0 bridgehead atoms. The van der Waals surface area contributed by atoms with Gasteiger partial charge in [0.2, 0.25) is 11.7 Å². The number of nitrogen functional groups attached to an aromatic ring is 1. The van der Waals surface area contributed by atoms with Crippen LogP contribution in [0.25, 0.3) is 0 Å². The van der Waals surface area contributed by atoms with E-state index in [1.165, 1.54) is 0 Å². The fourth-order valence-corrected chi connectivity index (χ4v) is 1.99. The van der Waals surface area contributed by atoms with Gasteiger partial charge in [0.25, 0.3) is 0 Å². The molecule has 100 valence electrons. The van der Waals surface area contributed by atoms with Crippen LogP contribution in [0, 0.1) is 0 Å². The topological polar surface area (TPSA) is 83.4 Å². The summed E-state index contributed by atoms with van der Waals surface area (Å²) in [6.07, 6.45) is 0.332. The van der Waals surface area contributed by atoms with Gasteiger partial charge in [-0.3, -0.25) is 0 Å². The lowest BCUT2D eigenvalue weighted by Crippen LogP contribution is -2.22. The molecule has 0 aliphatic carbocycles. The van der Waals surface area contributed by atoms with Gasteiger partial charge in [0.15, 0.2) is 0 Å². The molecule has 1 unspecified atom stereocenters. The van der Waals surface area contributed by atoms with Crippen LogP contribution >= 0.6 is 0 Å². The van der Waals surface area contributed by atoms with Crippen LogP contribution in [0.4, 0.5) is 5.69 Å². The first-order valence-electron chi connectivity index (χ1n) is 6.17. The molecule has 1 aliphatic rings. The van der Waals surface area contributed by atoms with Crippen LogP contribution in [0.15, 0.2) is 28.8 Å². The Bertz CT molecular complexity index is 550. The molecular formula is C13H15N3O3.